The number of hydrogen-bond donors (Lipinski definition) is 2. The van der Waals surface area contributed by atoms with E-state index in [2.05, 4.69) is 25.6 Å². The number of ether oxygens (including phenoxy) is 1. The maximum Gasteiger partial charge on any atom is 0.272 e. The summed E-state index contributed by atoms with van der Waals surface area (Å²) in [5, 5.41) is 7.09. The Balaban J connectivity index is 1.50. The molecule has 0 aliphatic carbocycles. The molecule has 4 rings (SSSR count). The number of aromatic nitrogens is 4. The van der Waals surface area contributed by atoms with Gasteiger partial charge in [0.15, 0.2) is 0 Å². The van der Waals surface area contributed by atoms with E-state index in [4.69, 9.17) is 16.3 Å². The highest BCUT2D eigenvalue weighted by molar-refractivity contribution is 6.30. The molecule has 34 heavy (non-hydrogen) atoms. The summed E-state index contributed by atoms with van der Waals surface area (Å²) in [6.07, 6.45) is 6.90. The molecule has 1 aliphatic rings. The number of anilines is 1. The standard InChI is InChI=1S/C24H30ClN7O2/c1-16-12-26-24(28-19-7-9-34-10-8-19)30-22(16)32-14-21(27-15-32)23(33)29-20(13-31(2)3)17-5-4-6-18(25)11-17/h4-6,11-12,14-15,19-20H,7-10,13H2,1-3H3,(H,29,33)(H,26,28,30). The Hall–Kier alpha value is -3.01. The lowest BCUT2D eigenvalue weighted by atomic mass is 10.1. The smallest absolute Gasteiger partial charge is 0.272 e. The molecule has 1 amide bonds. The van der Waals surface area contributed by atoms with Crippen LogP contribution in [-0.2, 0) is 4.74 Å². The molecule has 10 heteroatoms. The predicted octanol–water partition coefficient (Wildman–Crippen LogP) is 3.25. The average molecular weight is 484 g/mol. The molecule has 1 atom stereocenters. The third kappa shape index (κ3) is 6.11. The number of hydrogen-bond acceptors (Lipinski definition) is 7. The van der Waals surface area contributed by atoms with E-state index in [1.165, 1.54) is 0 Å². The molecule has 2 N–H and O–H groups in total. The van der Waals surface area contributed by atoms with Gasteiger partial charge in [0, 0.05) is 48.8 Å². The number of carbonyl (C=O) groups excluding carboxylic acids is 1. The lowest BCUT2D eigenvalue weighted by Gasteiger charge is -2.23. The van der Waals surface area contributed by atoms with Gasteiger partial charge in [-0.1, -0.05) is 23.7 Å². The van der Waals surface area contributed by atoms with Gasteiger partial charge in [-0.2, -0.15) is 4.98 Å². The van der Waals surface area contributed by atoms with Gasteiger partial charge in [0.1, 0.15) is 17.8 Å². The van der Waals surface area contributed by atoms with Crippen molar-refractivity contribution in [3.8, 4) is 5.82 Å². The number of nitrogens with zero attached hydrogens (tertiary/aromatic N) is 5. The maximum absolute atomic E-state index is 13.1. The van der Waals surface area contributed by atoms with Gasteiger partial charge in [0.05, 0.1) is 6.04 Å². The molecule has 180 valence electrons. The van der Waals surface area contributed by atoms with E-state index in [-0.39, 0.29) is 18.0 Å². The fourth-order valence-corrected chi connectivity index (χ4v) is 4.10. The second kappa shape index (κ2) is 10.9. The van der Waals surface area contributed by atoms with E-state index in [1.54, 1.807) is 23.3 Å². The van der Waals surface area contributed by atoms with Crippen LogP contribution in [0, 0.1) is 6.92 Å². The molecule has 2 aromatic heterocycles. The molecule has 9 nitrogen and oxygen atoms in total. The monoisotopic (exact) mass is 483 g/mol. The van der Waals surface area contributed by atoms with E-state index in [9.17, 15) is 4.79 Å². The first-order valence-electron chi connectivity index (χ1n) is 11.3. The molecular formula is C24H30ClN7O2. The Morgan fingerprint density at radius 1 is 1.29 bits per heavy atom. The SMILES string of the molecule is Cc1cnc(NC2CCOCC2)nc1-n1cnc(C(=O)NC(CN(C)C)c2cccc(Cl)c2)c1. The van der Waals surface area contributed by atoms with E-state index < -0.39 is 0 Å². The van der Waals surface area contributed by atoms with Gasteiger partial charge in [0.25, 0.3) is 5.91 Å². The average Bonchev–Trinajstić information content (AvgIpc) is 3.30. The van der Waals surface area contributed by atoms with Gasteiger partial charge in [-0.3, -0.25) is 9.36 Å². The lowest BCUT2D eigenvalue weighted by molar-refractivity contribution is 0.0902. The van der Waals surface area contributed by atoms with Crippen molar-refractivity contribution in [2.75, 3.05) is 39.2 Å². The number of nitrogens with one attached hydrogen (secondary N) is 2. The second-order valence-electron chi connectivity index (χ2n) is 8.74. The molecular weight excluding hydrogens is 454 g/mol. The van der Waals surface area contributed by atoms with E-state index in [0.717, 1.165) is 37.2 Å². The zero-order valence-electron chi connectivity index (χ0n) is 19.7. The highest BCUT2D eigenvalue weighted by atomic mass is 35.5. The molecule has 0 bridgehead atoms. The second-order valence-corrected chi connectivity index (χ2v) is 9.18. The van der Waals surface area contributed by atoms with Crippen LogP contribution < -0.4 is 10.6 Å². The van der Waals surface area contributed by atoms with Crippen LogP contribution in [0.1, 0.15) is 40.5 Å². The van der Waals surface area contributed by atoms with Crippen LogP contribution in [0.2, 0.25) is 5.02 Å². The third-order valence-corrected chi connectivity index (χ3v) is 5.90. The fraction of sp³-hybridized carbons (Fsp3) is 0.417. The topological polar surface area (TPSA) is 97.2 Å². The van der Waals surface area contributed by atoms with Crippen LogP contribution in [0.25, 0.3) is 5.82 Å². The molecule has 1 aliphatic heterocycles. The van der Waals surface area contributed by atoms with Gasteiger partial charge in [-0.15, -0.1) is 0 Å². The molecule has 0 radical (unpaired) electrons. The fourth-order valence-electron chi connectivity index (χ4n) is 3.90. The van der Waals surface area contributed by atoms with Crippen LogP contribution in [-0.4, -0.2) is 70.2 Å². The third-order valence-electron chi connectivity index (χ3n) is 5.66. The first-order chi connectivity index (χ1) is 16.4. The Morgan fingerprint density at radius 2 is 2.09 bits per heavy atom. The van der Waals surface area contributed by atoms with E-state index in [1.807, 2.05) is 50.2 Å². The summed E-state index contributed by atoms with van der Waals surface area (Å²) in [7, 11) is 3.92. The Kier molecular flexibility index (Phi) is 7.77. The lowest BCUT2D eigenvalue weighted by Crippen LogP contribution is -2.35. The maximum atomic E-state index is 13.1. The molecule has 1 aromatic carbocycles. The number of likely N-dealkylation sites (N-methyl/N-ethyl adjacent to an activating group) is 1. The van der Waals surface area contributed by atoms with Crippen LogP contribution in [0.4, 0.5) is 5.95 Å². The summed E-state index contributed by atoms with van der Waals surface area (Å²) in [5.74, 6) is 0.966. The number of benzene rings is 1. The van der Waals surface area contributed by atoms with Gasteiger partial charge >= 0.3 is 0 Å². The Bertz CT molecular complexity index is 1130. The molecule has 3 heterocycles. The van der Waals surface area contributed by atoms with Crippen LogP contribution in [0.5, 0.6) is 0 Å². The number of carbonyl (C=O) groups is 1. The summed E-state index contributed by atoms with van der Waals surface area (Å²) in [6.45, 7) is 4.03. The van der Waals surface area contributed by atoms with Crippen molar-refractivity contribution in [1.82, 2.24) is 29.7 Å². The van der Waals surface area contributed by atoms with Gasteiger partial charge in [-0.25, -0.2) is 9.97 Å². The number of aryl methyl sites for hydroxylation is 1. The summed E-state index contributed by atoms with van der Waals surface area (Å²) in [5.41, 5.74) is 2.12. The molecule has 0 spiro atoms. The highest BCUT2D eigenvalue weighted by Gasteiger charge is 2.20. The summed E-state index contributed by atoms with van der Waals surface area (Å²) in [6, 6.07) is 7.57. The van der Waals surface area contributed by atoms with Gasteiger partial charge in [-0.05, 0) is 51.6 Å². The Labute approximate surface area is 204 Å². The van der Waals surface area contributed by atoms with Crippen molar-refractivity contribution in [3.63, 3.8) is 0 Å². The minimum Gasteiger partial charge on any atom is -0.381 e. The summed E-state index contributed by atoms with van der Waals surface area (Å²) < 4.78 is 7.17. The predicted molar refractivity (Wildman–Crippen MR) is 132 cm³/mol. The molecule has 3 aromatic rings. The molecule has 0 saturated carbocycles. The van der Waals surface area contributed by atoms with Crippen LogP contribution >= 0.6 is 11.6 Å². The molecule has 1 saturated heterocycles. The quantitative estimate of drug-likeness (QED) is 0.507. The van der Waals surface area contributed by atoms with Crippen molar-refractivity contribution in [3.05, 3.63) is 64.8 Å². The van der Waals surface area contributed by atoms with Crippen LogP contribution in [0.15, 0.2) is 43.0 Å². The zero-order valence-corrected chi connectivity index (χ0v) is 20.4. The van der Waals surface area contributed by atoms with E-state index in [0.29, 0.717) is 29.0 Å². The number of amides is 1. The number of halogens is 1. The summed E-state index contributed by atoms with van der Waals surface area (Å²) in [4.78, 5) is 28.5. The van der Waals surface area contributed by atoms with Gasteiger partial charge < -0.3 is 20.3 Å². The largest absolute Gasteiger partial charge is 0.381 e. The first-order valence-corrected chi connectivity index (χ1v) is 11.7. The minimum atomic E-state index is -0.266. The molecule has 1 unspecified atom stereocenters. The van der Waals surface area contributed by atoms with Crippen LogP contribution in [0.3, 0.4) is 0 Å². The summed E-state index contributed by atoms with van der Waals surface area (Å²) >= 11 is 6.17. The Morgan fingerprint density at radius 3 is 2.82 bits per heavy atom. The van der Waals surface area contributed by atoms with Crippen molar-refractivity contribution in [1.29, 1.82) is 0 Å². The number of rotatable bonds is 8. The van der Waals surface area contributed by atoms with Crippen molar-refractivity contribution in [2.45, 2.75) is 31.8 Å². The van der Waals surface area contributed by atoms with Crippen molar-refractivity contribution in [2.24, 2.45) is 0 Å². The van der Waals surface area contributed by atoms with Crippen molar-refractivity contribution < 1.29 is 9.53 Å². The molecule has 1 fully saturated rings. The highest BCUT2D eigenvalue weighted by Crippen LogP contribution is 2.20. The normalized spacial score (nSPS) is 15.3. The first kappa shape index (κ1) is 24.1. The van der Waals surface area contributed by atoms with Gasteiger partial charge in [0.2, 0.25) is 5.95 Å². The van der Waals surface area contributed by atoms with E-state index >= 15 is 0 Å². The zero-order chi connectivity index (χ0) is 24.1. The minimum absolute atomic E-state index is 0.234. The van der Waals surface area contributed by atoms with Crippen molar-refractivity contribution >= 4 is 23.5 Å². The number of imidazole rings is 1.